The van der Waals surface area contributed by atoms with Crippen LogP contribution in [0.4, 0.5) is 24.0 Å². The SMILES string of the molecule is CC(=O)N(c1nc(/C=C/C(=O)c2ccc(F)cc2F)cs1)c1ccccc1F. The highest BCUT2D eigenvalue weighted by Crippen LogP contribution is 2.31. The third-order valence-corrected chi connectivity index (χ3v) is 4.56. The molecule has 0 saturated heterocycles. The standard InChI is InChI=1S/C20H13F3N2O2S/c1-12(26)25(18-5-3-2-4-16(18)22)20-24-14(11-28-20)7-9-19(27)15-8-6-13(21)10-17(15)23/h2-11H,1H3/b9-7+. The molecule has 1 amide bonds. The monoisotopic (exact) mass is 402 g/mol. The van der Waals surface area contributed by atoms with Crippen LogP contribution >= 0.6 is 11.3 Å². The summed E-state index contributed by atoms with van der Waals surface area (Å²) in [5, 5.41) is 1.79. The van der Waals surface area contributed by atoms with E-state index in [0.717, 1.165) is 34.4 Å². The number of halogens is 3. The van der Waals surface area contributed by atoms with Gasteiger partial charge in [0.25, 0.3) is 0 Å². The smallest absolute Gasteiger partial charge is 0.230 e. The lowest BCUT2D eigenvalue weighted by atomic mass is 10.1. The topological polar surface area (TPSA) is 50.3 Å². The molecule has 28 heavy (non-hydrogen) atoms. The zero-order valence-corrected chi connectivity index (χ0v) is 15.3. The van der Waals surface area contributed by atoms with Crippen molar-refractivity contribution in [1.82, 2.24) is 4.98 Å². The van der Waals surface area contributed by atoms with Gasteiger partial charge in [0.05, 0.1) is 16.9 Å². The van der Waals surface area contributed by atoms with Crippen LogP contribution in [0, 0.1) is 17.5 Å². The van der Waals surface area contributed by atoms with Gasteiger partial charge in [0, 0.05) is 18.4 Å². The minimum atomic E-state index is -0.962. The summed E-state index contributed by atoms with van der Waals surface area (Å²) in [6, 6.07) is 8.46. The molecule has 142 valence electrons. The number of anilines is 2. The molecule has 0 radical (unpaired) electrons. The summed E-state index contributed by atoms with van der Waals surface area (Å²) >= 11 is 1.08. The molecule has 2 aromatic carbocycles. The Morgan fingerprint density at radius 3 is 2.50 bits per heavy atom. The number of nitrogens with zero attached hydrogens (tertiary/aromatic N) is 2. The molecule has 0 saturated carbocycles. The van der Waals surface area contributed by atoms with E-state index in [9.17, 15) is 22.8 Å². The normalized spacial score (nSPS) is 11.0. The van der Waals surface area contributed by atoms with Crippen LogP contribution < -0.4 is 4.90 Å². The molecule has 0 aliphatic rings. The highest BCUT2D eigenvalue weighted by atomic mass is 32.1. The van der Waals surface area contributed by atoms with E-state index in [1.165, 1.54) is 31.2 Å². The van der Waals surface area contributed by atoms with Gasteiger partial charge in [-0.05, 0) is 36.4 Å². The van der Waals surface area contributed by atoms with Crippen LogP contribution in [0.15, 0.2) is 53.9 Å². The summed E-state index contributed by atoms with van der Waals surface area (Å²) in [7, 11) is 0. The molecule has 0 aliphatic heterocycles. The van der Waals surface area contributed by atoms with Crippen molar-refractivity contribution in [1.29, 1.82) is 0 Å². The minimum Gasteiger partial charge on any atom is -0.289 e. The zero-order valence-electron chi connectivity index (χ0n) is 14.5. The summed E-state index contributed by atoms with van der Waals surface area (Å²) in [6.45, 7) is 1.28. The molecule has 1 heterocycles. The molecule has 0 fully saturated rings. The number of hydrogen-bond acceptors (Lipinski definition) is 4. The lowest BCUT2D eigenvalue weighted by Crippen LogP contribution is -2.23. The van der Waals surface area contributed by atoms with E-state index in [1.54, 1.807) is 11.4 Å². The predicted molar refractivity (Wildman–Crippen MR) is 101 cm³/mol. The third kappa shape index (κ3) is 4.17. The first-order valence-corrected chi connectivity index (χ1v) is 8.93. The summed E-state index contributed by atoms with van der Waals surface area (Å²) in [5.74, 6) is -3.41. The largest absolute Gasteiger partial charge is 0.289 e. The molecular formula is C20H13F3N2O2S. The fourth-order valence-corrected chi connectivity index (χ4v) is 3.28. The average molecular weight is 402 g/mol. The van der Waals surface area contributed by atoms with Crippen LogP contribution in [0.25, 0.3) is 6.08 Å². The van der Waals surface area contributed by atoms with Crippen molar-refractivity contribution in [3.8, 4) is 0 Å². The Kier molecular flexibility index (Phi) is 5.70. The number of amides is 1. The molecule has 0 aliphatic carbocycles. The Morgan fingerprint density at radius 1 is 1.07 bits per heavy atom. The average Bonchev–Trinajstić information content (AvgIpc) is 3.10. The maximum atomic E-state index is 14.1. The number of aromatic nitrogens is 1. The number of thiazole rings is 1. The highest BCUT2D eigenvalue weighted by Gasteiger charge is 2.20. The second-order valence-corrected chi connectivity index (χ2v) is 6.52. The summed E-state index contributed by atoms with van der Waals surface area (Å²) < 4.78 is 40.7. The van der Waals surface area contributed by atoms with Crippen molar-refractivity contribution in [2.45, 2.75) is 6.92 Å². The van der Waals surface area contributed by atoms with Crippen molar-refractivity contribution >= 4 is 39.9 Å². The first-order valence-electron chi connectivity index (χ1n) is 8.05. The molecule has 0 spiro atoms. The van der Waals surface area contributed by atoms with Gasteiger partial charge in [-0.15, -0.1) is 11.3 Å². The molecule has 0 bridgehead atoms. The van der Waals surface area contributed by atoms with Gasteiger partial charge in [-0.1, -0.05) is 12.1 Å². The van der Waals surface area contributed by atoms with Gasteiger partial charge >= 0.3 is 0 Å². The second-order valence-electron chi connectivity index (χ2n) is 5.68. The molecule has 0 unspecified atom stereocenters. The Balaban J connectivity index is 1.85. The van der Waals surface area contributed by atoms with Gasteiger partial charge in [-0.3, -0.25) is 14.5 Å². The molecule has 3 aromatic rings. The molecule has 1 aromatic heterocycles. The van der Waals surface area contributed by atoms with Gasteiger partial charge in [0.1, 0.15) is 17.5 Å². The molecule has 4 nitrogen and oxygen atoms in total. The molecule has 0 N–H and O–H groups in total. The Labute approximate surface area is 162 Å². The maximum Gasteiger partial charge on any atom is 0.230 e. The van der Waals surface area contributed by atoms with Crippen molar-refractivity contribution < 1.29 is 22.8 Å². The second kappa shape index (κ2) is 8.18. The highest BCUT2D eigenvalue weighted by molar-refractivity contribution is 7.14. The fraction of sp³-hybridized carbons (Fsp3) is 0.0500. The van der Waals surface area contributed by atoms with E-state index in [0.29, 0.717) is 11.8 Å². The number of carbonyl (C=O) groups is 2. The molecule has 3 rings (SSSR count). The van der Waals surface area contributed by atoms with Crippen molar-refractivity contribution in [3.63, 3.8) is 0 Å². The molecular weight excluding hydrogens is 389 g/mol. The van der Waals surface area contributed by atoms with Gasteiger partial charge < -0.3 is 0 Å². The van der Waals surface area contributed by atoms with E-state index >= 15 is 0 Å². The van der Waals surface area contributed by atoms with Crippen LogP contribution in [0.2, 0.25) is 0 Å². The first-order chi connectivity index (χ1) is 13.4. The lowest BCUT2D eigenvalue weighted by molar-refractivity contribution is -0.115. The zero-order chi connectivity index (χ0) is 20.3. The number of allylic oxidation sites excluding steroid dienone is 1. The van der Waals surface area contributed by atoms with Crippen LogP contribution in [0.3, 0.4) is 0 Å². The van der Waals surface area contributed by atoms with E-state index in [4.69, 9.17) is 0 Å². The fourth-order valence-electron chi connectivity index (χ4n) is 2.44. The van der Waals surface area contributed by atoms with E-state index in [-0.39, 0.29) is 16.4 Å². The first kappa shape index (κ1) is 19.5. The summed E-state index contributed by atoms with van der Waals surface area (Å²) in [5.41, 5.74) is 0.118. The predicted octanol–water partition coefficient (Wildman–Crippen LogP) is 5.14. The van der Waals surface area contributed by atoms with Gasteiger partial charge in [0.2, 0.25) is 5.91 Å². The van der Waals surface area contributed by atoms with Crippen LogP contribution in [0.5, 0.6) is 0 Å². The lowest BCUT2D eigenvalue weighted by Gasteiger charge is -2.18. The Morgan fingerprint density at radius 2 is 1.82 bits per heavy atom. The van der Waals surface area contributed by atoms with E-state index in [2.05, 4.69) is 4.98 Å². The van der Waals surface area contributed by atoms with Crippen molar-refractivity contribution in [3.05, 3.63) is 82.6 Å². The number of carbonyl (C=O) groups excluding carboxylic acids is 2. The number of ketones is 1. The Hall–Kier alpha value is -3.26. The summed E-state index contributed by atoms with van der Waals surface area (Å²) in [6.07, 6.45) is 2.43. The van der Waals surface area contributed by atoms with E-state index < -0.39 is 29.1 Å². The van der Waals surface area contributed by atoms with Crippen LogP contribution in [-0.2, 0) is 4.79 Å². The van der Waals surface area contributed by atoms with Gasteiger partial charge in [0.15, 0.2) is 10.9 Å². The minimum absolute atomic E-state index is 0.0596. The maximum absolute atomic E-state index is 14.1. The van der Waals surface area contributed by atoms with Crippen molar-refractivity contribution in [2.75, 3.05) is 4.90 Å². The summed E-state index contributed by atoms with van der Waals surface area (Å²) in [4.78, 5) is 29.4. The number of benzene rings is 2. The van der Waals surface area contributed by atoms with Crippen molar-refractivity contribution in [2.24, 2.45) is 0 Å². The molecule has 0 atom stereocenters. The Bertz CT molecular complexity index is 1080. The quantitative estimate of drug-likeness (QED) is 0.439. The molecule has 8 heteroatoms. The van der Waals surface area contributed by atoms with Crippen LogP contribution in [-0.4, -0.2) is 16.7 Å². The van der Waals surface area contributed by atoms with Gasteiger partial charge in [-0.25, -0.2) is 18.2 Å². The van der Waals surface area contributed by atoms with Gasteiger partial charge in [-0.2, -0.15) is 0 Å². The number of rotatable bonds is 5. The number of hydrogen-bond donors (Lipinski definition) is 0. The third-order valence-electron chi connectivity index (χ3n) is 3.71. The van der Waals surface area contributed by atoms with Crippen LogP contribution in [0.1, 0.15) is 23.0 Å². The number of para-hydroxylation sites is 1. The van der Waals surface area contributed by atoms with E-state index in [1.807, 2.05) is 0 Å².